The van der Waals surface area contributed by atoms with E-state index in [0.717, 1.165) is 9.80 Å². The van der Waals surface area contributed by atoms with Gasteiger partial charge in [0.1, 0.15) is 0 Å². The second-order valence-electron chi connectivity index (χ2n) is 2.65. The molecule has 2 heteroatoms. The Kier molecular flexibility index (Phi) is 3.14. The first-order valence-corrected chi connectivity index (χ1v) is 5.38. The average molecular weight is 278 g/mol. The third-order valence-corrected chi connectivity index (χ3v) is 2.81. The van der Waals surface area contributed by atoms with Gasteiger partial charge in [-0.3, -0.25) is 0 Å². The average Bonchev–Trinajstić information content (AvgIpc) is 1.85. The molecule has 0 aromatic heterocycles. The summed E-state index contributed by atoms with van der Waals surface area (Å²) in [5, 5.41) is 0.942. The minimum absolute atomic E-state index is 0.942. The summed E-state index contributed by atoms with van der Waals surface area (Å²) in [5.41, 5.74) is 4.08. The van der Waals surface area contributed by atoms with E-state index in [2.05, 4.69) is 57.8 Å². The number of rotatable bonds is 1. The van der Waals surface area contributed by atoms with E-state index in [9.17, 15) is 0 Å². The first kappa shape index (κ1) is 9.27. The molecule has 60 valence electrons. The quantitative estimate of drug-likeness (QED) is 0.682. The van der Waals surface area contributed by atoms with Gasteiger partial charge < -0.3 is 0 Å². The van der Waals surface area contributed by atoms with Gasteiger partial charge in [-0.2, -0.15) is 0 Å². The molecule has 0 aliphatic heterocycles. The highest BCUT2D eigenvalue weighted by molar-refractivity contribution is 9.10. The first-order chi connectivity index (χ1) is 5.15. The van der Waals surface area contributed by atoms with Gasteiger partial charge in [0.2, 0.25) is 0 Å². The van der Waals surface area contributed by atoms with Gasteiger partial charge in [-0.25, -0.2) is 0 Å². The summed E-state index contributed by atoms with van der Waals surface area (Å²) < 4.78 is 1.16. The second-order valence-corrected chi connectivity index (χ2v) is 4.13. The van der Waals surface area contributed by atoms with Gasteiger partial charge in [-0.15, -0.1) is 0 Å². The van der Waals surface area contributed by atoms with E-state index in [1.807, 2.05) is 0 Å². The summed E-state index contributed by atoms with van der Waals surface area (Å²) >= 11 is 6.93. The molecule has 0 fully saturated rings. The standard InChI is InChI=1S/C9H10Br2/c1-6-3-8(11)4-7(2)9(6)5-10/h3-4H,5H2,1-2H3. The highest BCUT2D eigenvalue weighted by atomic mass is 79.9. The lowest BCUT2D eigenvalue weighted by Gasteiger charge is -2.06. The summed E-state index contributed by atoms with van der Waals surface area (Å²) in [5.74, 6) is 0. The number of alkyl halides is 1. The Labute approximate surface area is 84.3 Å². The fraction of sp³-hybridized carbons (Fsp3) is 0.333. The Hall–Kier alpha value is 0.180. The minimum atomic E-state index is 0.942. The second kappa shape index (κ2) is 3.72. The lowest BCUT2D eigenvalue weighted by Crippen LogP contribution is -1.89. The monoisotopic (exact) mass is 276 g/mol. The maximum Gasteiger partial charge on any atom is 0.0288 e. The van der Waals surface area contributed by atoms with Gasteiger partial charge in [0.25, 0.3) is 0 Å². The van der Waals surface area contributed by atoms with Crippen molar-refractivity contribution in [1.82, 2.24) is 0 Å². The third-order valence-electron chi connectivity index (χ3n) is 1.79. The number of aryl methyl sites for hydroxylation is 2. The smallest absolute Gasteiger partial charge is 0.0288 e. The molecule has 0 heterocycles. The van der Waals surface area contributed by atoms with Crippen LogP contribution in [0.15, 0.2) is 16.6 Å². The van der Waals surface area contributed by atoms with Gasteiger partial charge in [-0.1, -0.05) is 31.9 Å². The van der Waals surface area contributed by atoms with Crippen molar-refractivity contribution in [3.05, 3.63) is 33.3 Å². The van der Waals surface area contributed by atoms with Crippen LogP contribution in [0.25, 0.3) is 0 Å². The zero-order valence-electron chi connectivity index (χ0n) is 6.62. The van der Waals surface area contributed by atoms with Crippen molar-refractivity contribution in [2.75, 3.05) is 0 Å². The molecule has 0 aliphatic rings. The Morgan fingerprint density at radius 1 is 1.18 bits per heavy atom. The Bertz CT molecular complexity index is 243. The molecular weight excluding hydrogens is 268 g/mol. The number of hydrogen-bond acceptors (Lipinski definition) is 0. The summed E-state index contributed by atoms with van der Waals surface area (Å²) in [6, 6.07) is 4.28. The Morgan fingerprint density at radius 3 is 2.00 bits per heavy atom. The zero-order chi connectivity index (χ0) is 8.43. The molecule has 0 aliphatic carbocycles. The van der Waals surface area contributed by atoms with Crippen LogP contribution in [0.3, 0.4) is 0 Å². The first-order valence-electron chi connectivity index (χ1n) is 3.46. The highest BCUT2D eigenvalue weighted by Crippen LogP contribution is 2.22. The lowest BCUT2D eigenvalue weighted by molar-refractivity contribution is 1.24. The molecule has 1 aromatic carbocycles. The molecule has 1 aromatic rings. The van der Waals surface area contributed by atoms with Crippen molar-refractivity contribution in [3.63, 3.8) is 0 Å². The van der Waals surface area contributed by atoms with Crippen LogP contribution < -0.4 is 0 Å². The number of halogens is 2. The van der Waals surface area contributed by atoms with Crippen LogP contribution in [0.1, 0.15) is 16.7 Å². The molecule has 0 N–H and O–H groups in total. The summed E-state index contributed by atoms with van der Waals surface area (Å²) in [6.07, 6.45) is 0. The molecule has 0 nitrogen and oxygen atoms in total. The van der Waals surface area contributed by atoms with Crippen molar-refractivity contribution in [2.24, 2.45) is 0 Å². The van der Waals surface area contributed by atoms with Gasteiger partial charge in [0.05, 0.1) is 0 Å². The number of benzene rings is 1. The van der Waals surface area contributed by atoms with Crippen LogP contribution in [-0.4, -0.2) is 0 Å². The third kappa shape index (κ3) is 2.06. The van der Waals surface area contributed by atoms with Gasteiger partial charge in [0, 0.05) is 9.80 Å². The molecule has 0 saturated heterocycles. The zero-order valence-corrected chi connectivity index (χ0v) is 9.79. The van der Waals surface area contributed by atoms with E-state index >= 15 is 0 Å². The fourth-order valence-electron chi connectivity index (χ4n) is 1.15. The van der Waals surface area contributed by atoms with E-state index in [4.69, 9.17) is 0 Å². The topological polar surface area (TPSA) is 0 Å². The van der Waals surface area contributed by atoms with Gasteiger partial charge >= 0.3 is 0 Å². The summed E-state index contributed by atoms with van der Waals surface area (Å²) in [4.78, 5) is 0. The normalized spacial score (nSPS) is 10.2. The predicted molar refractivity (Wildman–Crippen MR) is 56.2 cm³/mol. The largest absolute Gasteiger partial charge is 0.0876 e. The van der Waals surface area contributed by atoms with E-state index in [1.54, 1.807) is 0 Å². The van der Waals surface area contributed by atoms with Gasteiger partial charge in [-0.05, 0) is 42.7 Å². The molecule has 0 bridgehead atoms. The molecule has 11 heavy (non-hydrogen) atoms. The molecular formula is C9H10Br2. The maximum atomic E-state index is 3.47. The molecule has 1 rings (SSSR count). The highest BCUT2D eigenvalue weighted by Gasteiger charge is 2.01. The lowest BCUT2D eigenvalue weighted by atomic mass is 10.1. The Balaban J connectivity index is 3.25. The molecule has 0 saturated carbocycles. The molecule has 0 atom stereocenters. The van der Waals surface area contributed by atoms with E-state index in [0.29, 0.717) is 0 Å². The minimum Gasteiger partial charge on any atom is -0.0876 e. The molecule has 0 unspecified atom stereocenters. The van der Waals surface area contributed by atoms with Crippen LogP contribution in [0, 0.1) is 13.8 Å². The van der Waals surface area contributed by atoms with Crippen molar-refractivity contribution < 1.29 is 0 Å². The van der Waals surface area contributed by atoms with Crippen molar-refractivity contribution in [1.29, 1.82) is 0 Å². The van der Waals surface area contributed by atoms with Crippen LogP contribution in [0.4, 0.5) is 0 Å². The van der Waals surface area contributed by atoms with Crippen molar-refractivity contribution in [3.8, 4) is 0 Å². The maximum absolute atomic E-state index is 3.47. The van der Waals surface area contributed by atoms with E-state index in [-0.39, 0.29) is 0 Å². The van der Waals surface area contributed by atoms with Crippen LogP contribution in [-0.2, 0) is 5.33 Å². The van der Waals surface area contributed by atoms with E-state index < -0.39 is 0 Å². The molecule has 0 spiro atoms. The SMILES string of the molecule is Cc1cc(Br)cc(C)c1CBr. The fourth-order valence-corrected chi connectivity index (χ4v) is 2.72. The van der Waals surface area contributed by atoms with Crippen LogP contribution >= 0.6 is 31.9 Å². The van der Waals surface area contributed by atoms with Crippen LogP contribution in [0.2, 0.25) is 0 Å². The van der Waals surface area contributed by atoms with Crippen molar-refractivity contribution >= 4 is 31.9 Å². The molecule has 0 amide bonds. The van der Waals surface area contributed by atoms with Gasteiger partial charge in [0.15, 0.2) is 0 Å². The van der Waals surface area contributed by atoms with Crippen molar-refractivity contribution in [2.45, 2.75) is 19.2 Å². The van der Waals surface area contributed by atoms with Crippen LogP contribution in [0.5, 0.6) is 0 Å². The predicted octanol–water partition coefficient (Wildman–Crippen LogP) is 3.96. The summed E-state index contributed by atoms with van der Waals surface area (Å²) in [6.45, 7) is 4.27. The van der Waals surface area contributed by atoms with E-state index in [1.165, 1.54) is 16.7 Å². The number of hydrogen-bond donors (Lipinski definition) is 0. The summed E-state index contributed by atoms with van der Waals surface area (Å²) in [7, 11) is 0. The molecule has 0 radical (unpaired) electrons. The Morgan fingerprint density at radius 2 is 1.64 bits per heavy atom.